The van der Waals surface area contributed by atoms with Crippen LogP contribution in [0, 0.1) is 0 Å². The van der Waals surface area contributed by atoms with Gasteiger partial charge in [0.2, 0.25) is 5.91 Å². The first kappa shape index (κ1) is 22.2. The molecule has 0 saturated carbocycles. The zero-order chi connectivity index (χ0) is 21.6. The lowest BCUT2D eigenvalue weighted by molar-refractivity contribution is -0.163. The van der Waals surface area contributed by atoms with Crippen LogP contribution in [0.4, 0.5) is 0 Å². The van der Waals surface area contributed by atoms with Crippen LogP contribution in [-0.2, 0) is 18.8 Å². The van der Waals surface area contributed by atoms with Gasteiger partial charge < -0.3 is 13.9 Å². The second-order valence-electron chi connectivity index (χ2n) is 8.58. The van der Waals surface area contributed by atoms with Crippen molar-refractivity contribution in [2.45, 2.75) is 63.9 Å². The summed E-state index contributed by atoms with van der Waals surface area (Å²) in [4.78, 5) is 26.5. The van der Waals surface area contributed by atoms with Gasteiger partial charge >= 0.3 is 5.97 Å². The molecule has 2 aliphatic heterocycles. The zero-order valence-corrected chi connectivity index (χ0v) is 20.0. The number of hydrogen-bond donors (Lipinski definition) is 0. The molecule has 2 aliphatic rings. The molecule has 3 rings (SSSR count). The SMILES string of the molecule is C[C@H](OC(=O)C1=C(Oc2ccc(Cl)cc2)S[C@H]2CC(=O)N12)O[Si](C)(C)C(C)(C)C. The van der Waals surface area contributed by atoms with Crippen LogP contribution in [0.5, 0.6) is 5.75 Å². The van der Waals surface area contributed by atoms with Crippen molar-refractivity contribution in [1.82, 2.24) is 4.90 Å². The van der Waals surface area contributed by atoms with Crippen molar-refractivity contribution < 1.29 is 23.5 Å². The number of ether oxygens (including phenoxy) is 2. The minimum absolute atomic E-state index is 0.0163. The van der Waals surface area contributed by atoms with Crippen molar-refractivity contribution in [3.8, 4) is 5.75 Å². The quantitative estimate of drug-likeness (QED) is 0.257. The third-order valence-electron chi connectivity index (χ3n) is 5.34. The summed E-state index contributed by atoms with van der Waals surface area (Å²) in [6, 6.07) is 6.81. The summed E-state index contributed by atoms with van der Waals surface area (Å²) in [6.07, 6.45) is -0.363. The number of rotatable bonds is 6. The normalized spacial score (nSPS) is 20.3. The zero-order valence-electron chi connectivity index (χ0n) is 17.4. The number of carbonyl (C=O) groups is 2. The average molecular weight is 456 g/mol. The number of amides is 1. The fourth-order valence-corrected chi connectivity index (χ4v) is 5.31. The van der Waals surface area contributed by atoms with E-state index in [1.807, 2.05) is 0 Å². The van der Waals surface area contributed by atoms with E-state index in [4.69, 9.17) is 25.5 Å². The van der Waals surface area contributed by atoms with E-state index < -0.39 is 20.6 Å². The molecular formula is C20H26ClNO5SSi. The molecule has 0 bridgehead atoms. The molecule has 0 unspecified atom stereocenters. The molecule has 1 saturated heterocycles. The summed E-state index contributed by atoms with van der Waals surface area (Å²) in [5.41, 5.74) is 0.136. The minimum Gasteiger partial charge on any atom is -0.448 e. The summed E-state index contributed by atoms with van der Waals surface area (Å²) >= 11 is 7.26. The summed E-state index contributed by atoms with van der Waals surface area (Å²) in [5.74, 6) is -0.215. The smallest absolute Gasteiger partial charge is 0.361 e. The number of halogens is 1. The summed E-state index contributed by atoms with van der Waals surface area (Å²) < 4.78 is 17.6. The maximum atomic E-state index is 12.9. The largest absolute Gasteiger partial charge is 0.448 e. The molecule has 9 heteroatoms. The van der Waals surface area contributed by atoms with Gasteiger partial charge in [-0.05, 0) is 49.3 Å². The topological polar surface area (TPSA) is 65.1 Å². The van der Waals surface area contributed by atoms with Gasteiger partial charge in [0.05, 0.1) is 11.8 Å². The number of β-lactam (4-membered cyclic amide) rings is 1. The number of nitrogens with zero attached hydrogens (tertiary/aromatic N) is 1. The fourth-order valence-electron chi connectivity index (χ4n) is 2.71. The van der Waals surface area contributed by atoms with Gasteiger partial charge in [0, 0.05) is 5.02 Å². The molecule has 0 aromatic heterocycles. The first-order chi connectivity index (χ1) is 13.4. The van der Waals surface area contributed by atoms with E-state index in [1.165, 1.54) is 16.7 Å². The molecule has 1 fully saturated rings. The van der Waals surface area contributed by atoms with Crippen molar-refractivity contribution in [2.75, 3.05) is 0 Å². The minimum atomic E-state index is -2.11. The Balaban J connectivity index is 1.77. The van der Waals surface area contributed by atoms with Crippen molar-refractivity contribution in [3.63, 3.8) is 0 Å². The Hall–Kier alpha value is -1.48. The van der Waals surface area contributed by atoms with E-state index in [0.717, 1.165) is 0 Å². The Morgan fingerprint density at radius 3 is 2.45 bits per heavy atom. The Morgan fingerprint density at radius 1 is 1.28 bits per heavy atom. The lowest BCUT2D eigenvalue weighted by Crippen LogP contribution is -2.49. The van der Waals surface area contributed by atoms with E-state index in [9.17, 15) is 9.59 Å². The molecular weight excluding hydrogens is 430 g/mol. The van der Waals surface area contributed by atoms with Gasteiger partial charge in [0.1, 0.15) is 5.75 Å². The molecule has 1 amide bonds. The van der Waals surface area contributed by atoms with Gasteiger partial charge in [0.25, 0.3) is 0 Å². The molecule has 2 heterocycles. The number of fused-ring (bicyclic) bond motifs is 1. The van der Waals surface area contributed by atoms with Gasteiger partial charge in [-0.1, -0.05) is 44.1 Å². The lowest BCUT2D eigenvalue weighted by atomic mass is 10.2. The van der Waals surface area contributed by atoms with Crippen LogP contribution in [0.25, 0.3) is 0 Å². The molecule has 0 spiro atoms. The van der Waals surface area contributed by atoms with Crippen LogP contribution >= 0.6 is 23.4 Å². The highest BCUT2D eigenvalue weighted by molar-refractivity contribution is 8.03. The number of hydrogen-bond acceptors (Lipinski definition) is 6. The summed E-state index contributed by atoms with van der Waals surface area (Å²) in [5, 5.41) is 0.787. The van der Waals surface area contributed by atoms with Crippen LogP contribution < -0.4 is 4.74 Å². The van der Waals surface area contributed by atoms with E-state index in [2.05, 4.69) is 33.9 Å². The van der Waals surface area contributed by atoms with Crippen LogP contribution in [-0.4, -0.2) is 36.8 Å². The molecule has 0 N–H and O–H groups in total. The van der Waals surface area contributed by atoms with E-state index in [-0.39, 0.29) is 22.0 Å². The second-order valence-corrected chi connectivity index (χ2v) is 14.9. The number of carbonyl (C=O) groups excluding carboxylic acids is 2. The lowest BCUT2D eigenvalue weighted by Gasteiger charge is -2.38. The van der Waals surface area contributed by atoms with Gasteiger partial charge in [-0.15, -0.1) is 0 Å². The van der Waals surface area contributed by atoms with Crippen LogP contribution in [0.2, 0.25) is 23.2 Å². The molecule has 0 aliphatic carbocycles. The van der Waals surface area contributed by atoms with Gasteiger partial charge in [0.15, 0.2) is 25.4 Å². The monoisotopic (exact) mass is 455 g/mol. The molecule has 158 valence electrons. The first-order valence-corrected chi connectivity index (χ1v) is 13.6. The molecule has 1 aromatic rings. The van der Waals surface area contributed by atoms with E-state index in [0.29, 0.717) is 22.3 Å². The molecule has 2 atom stereocenters. The van der Waals surface area contributed by atoms with Crippen LogP contribution in [0.3, 0.4) is 0 Å². The van der Waals surface area contributed by atoms with Crippen LogP contribution in [0.15, 0.2) is 35.1 Å². The summed E-state index contributed by atoms with van der Waals surface area (Å²) in [6.45, 7) is 12.2. The highest BCUT2D eigenvalue weighted by Gasteiger charge is 2.50. The summed E-state index contributed by atoms with van der Waals surface area (Å²) in [7, 11) is -2.11. The maximum Gasteiger partial charge on any atom is 0.361 e. The van der Waals surface area contributed by atoms with Crippen molar-refractivity contribution in [3.05, 3.63) is 40.1 Å². The predicted octanol–water partition coefficient (Wildman–Crippen LogP) is 5.10. The molecule has 0 radical (unpaired) electrons. The molecule has 29 heavy (non-hydrogen) atoms. The average Bonchev–Trinajstić information content (AvgIpc) is 2.87. The Morgan fingerprint density at radius 2 is 1.90 bits per heavy atom. The molecule has 6 nitrogen and oxygen atoms in total. The van der Waals surface area contributed by atoms with Crippen LogP contribution in [0.1, 0.15) is 34.1 Å². The van der Waals surface area contributed by atoms with E-state index in [1.54, 1.807) is 31.2 Å². The Labute approximate surface area is 181 Å². The second kappa shape index (κ2) is 7.98. The van der Waals surface area contributed by atoms with Crippen molar-refractivity contribution in [2.24, 2.45) is 0 Å². The Bertz CT molecular complexity index is 849. The maximum absolute atomic E-state index is 12.9. The predicted molar refractivity (Wildman–Crippen MR) is 116 cm³/mol. The van der Waals surface area contributed by atoms with Crippen molar-refractivity contribution in [1.29, 1.82) is 0 Å². The van der Waals surface area contributed by atoms with E-state index >= 15 is 0 Å². The highest BCUT2D eigenvalue weighted by atomic mass is 35.5. The molecule has 1 aromatic carbocycles. The van der Waals surface area contributed by atoms with Gasteiger partial charge in [-0.2, -0.15) is 0 Å². The third kappa shape index (κ3) is 4.65. The third-order valence-corrected chi connectivity index (χ3v) is 11.3. The highest BCUT2D eigenvalue weighted by Crippen LogP contribution is 2.47. The van der Waals surface area contributed by atoms with Crippen molar-refractivity contribution >= 4 is 43.6 Å². The first-order valence-electron chi connectivity index (χ1n) is 9.44. The Kier molecular flexibility index (Phi) is 6.11. The van der Waals surface area contributed by atoms with Gasteiger partial charge in [-0.3, -0.25) is 9.69 Å². The number of esters is 1. The van der Waals surface area contributed by atoms with Gasteiger partial charge in [-0.25, -0.2) is 4.79 Å². The number of thioether (sulfide) groups is 1. The standard InChI is InChI=1S/C20H26ClNO5SSi/c1-12(27-29(5,6)20(2,3)4)25-18(24)17-19(28-16-11-15(23)22(16)17)26-14-9-7-13(21)8-10-14/h7-10,12,16H,11H2,1-6H3/t12-,16+/m1/s1. The fraction of sp³-hybridized carbons (Fsp3) is 0.500. The number of benzene rings is 1.